The molecule has 0 N–H and O–H groups in total. The van der Waals surface area contributed by atoms with E-state index < -0.39 is 0 Å². The maximum atomic E-state index is 2.76. The fraction of sp³-hybridized carbons (Fsp3) is 1.00. The number of hydrogen-bond acceptors (Lipinski definition) is 2. The van der Waals surface area contributed by atoms with E-state index in [4.69, 9.17) is 0 Å². The third kappa shape index (κ3) is 2.78. The number of piperidine rings is 1. The van der Waals surface area contributed by atoms with Crippen molar-refractivity contribution in [1.29, 1.82) is 0 Å². The van der Waals surface area contributed by atoms with Crippen LogP contribution in [0.2, 0.25) is 0 Å². The molecule has 0 aromatic heterocycles. The number of nitrogens with zero attached hydrogens (tertiary/aromatic N) is 2. The number of piperazine rings is 1. The van der Waals surface area contributed by atoms with Crippen LogP contribution in [0.25, 0.3) is 0 Å². The zero-order valence-electron chi connectivity index (χ0n) is 11.4. The van der Waals surface area contributed by atoms with Gasteiger partial charge in [0.05, 0.1) is 0 Å². The molecule has 3 aliphatic rings. The van der Waals surface area contributed by atoms with Gasteiger partial charge in [-0.15, -0.1) is 0 Å². The fourth-order valence-electron chi connectivity index (χ4n) is 3.21. The second-order valence-corrected chi connectivity index (χ2v) is 6.58. The van der Waals surface area contributed by atoms with Crippen molar-refractivity contribution < 1.29 is 0 Å². The Morgan fingerprint density at radius 2 is 1.62 bits per heavy atom. The molecule has 0 saturated carbocycles. The highest BCUT2D eigenvalue weighted by Crippen LogP contribution is 2.32. The largest absolute Gasteiger partial charge is 0.300 e. The van der Waals surface area contributed by atoms with Gasteiger partial charge in [-0.1, -0.05) is 27.7 Å². The minimum atomic E-state index is 0.821. The predicted molar refractivity (Wildman–Crippen MR) is 69.6 cm³/mol. The molecule has 2 unspecified atom stereocenters. The van der Waals surface area contributed by atoms with Gasteiger partial charge in [-0.3, -0.25) is 9.80 Å². The molecule has 0 radical (unpaired) electrons. The molecule has 0 aromatic carbocycles. The standard InChI is InChI=1S/C14H28N2/c1-11(2)5-6-16-13-7-14(16)10-15(9-13)8-12(3)4/h11-14H,5-10H2,1-4H3. The summed E-state index contributed by atoms with van der Waals surface area (Å²) in [6, 6.07) is 1.77. The van der Waals surface area contributed by atoms with E-state index in [1.54, 1.807) is 0 Å². The second-order valence-electron chi connectivity index (χ2n) is 6.58. The molecule has 2 bridgehead atoms. The van der Waals surface area contributed by atoms with Crippen molar-refractivity contribution in [3.8, 4) is 0 Å². The molecule has 0 amide bonds. The lowest BCUT2D eigenvalue weighted by Gasteiger charge is -2.57. The molecule has 0 spiro atoms. The summed E-state index contributed by atoms with van der Waals surface area (Å²) in [7, 11) is 0. The Morgan fingerprint density at radius 1 is 1.00 bits per heavy atom. The van der Waals surface area contributed by atoms with Gasteiger partial charge in [0.2, 0.25) is 0 Å². The molecule has 3 aliphatic heterocycles. The Hall–Kier alpha value is -0.0800. The zero-order chi connectivity index (χ0) is 11.7. The van der Waals surface area contributed by atoms with E-state index in [1.807, 2.05) is 0 Å². The van der Waals surface area contributed by atoms with Crippen molar-refractivity contribution >= 4 is 0 Å². The van der Waals surface area contributed by atoms with E-state index in [-0.39, 0.29) is 0 Å². The molecule has 0 aromatic rings. The van der Waals surface area contributed by atoms with Crippen molar-refractivity contribution in [3.63, 3.8) is 0 Å². The van der Waals surface area contributed by atoms with Crippen LogP contribution in [0.1, 0.15) is 40.5 Å². The lowest BCUT2D eigenvalue weighted by molar-refractivity contribution is -0.0731. The van der Waals surface area contributed by atoms with E-state index in [9.17, 15) is 0 Å². The third-order valence-corrected chi connectivity index (χ3v) is 4.01. The van der Waals surface area contributed by atoms with Crippen LogP contribution >= 0.6 is 0 Å². The molecule has 2 nitrogen and oxygen atoms in total. The third-order valence-electron chi connectivity index (χ3n) is 4.01. The molecule has 16 heavy (non-hydrogen) atoms. The molecule has 3 fully saturated rings. The lowest BCUT2D eigenvalue weighted by Crippen LogP contribution is -2.68. The normalized spacial score (nSPS) is 31.1. The van der Waals surface area contributed by atoms with Crippen molar-refractivity contribution in [1.82, 2.24) is 9.80 Å². The van der Waals surface area contributed by atoms with Gasteiger partial charge in [0, 0.05) is 31.7 Å². The van der Waals surface area contributed by atoms with E-state index in [2.05, 4.69) is 37.5 Å². The second kappa shape index (κ2) is 5.05. The molecular formula is C14H28N2. The molecule has 94 valence electrons. The first-order valence-electron chi connectivity index (χ1n) is 7.04. The monoisotopic (exact) mass is 224 g/mol. The molecule has 2 atom stereocenters. The number of hydrogen-bond donors (Lipinski definition) is 0. The van der Waals surface area contributed by atoms with Crippen LogP contribution in [-0.4, -0.2) is 48.1 Å². The van der Waals surface area contributed by atoms with Gasteiger partial charge in [-0.2, -0.15) is 0 Å². The first-order chi connectivity index (χ1) is 7.56. The number of fused-ring (bicyclic) bond motifs is 2. The van der Waals surface area contributed by atoms with Crippen LogP contribution in [0.3, 0.4) is 0 Å². The Bertz CT molecular complexity index is 213. The molecule has 3 saturated heterocycles. The number of rotatable bonds is 5. The maximum absolute atomic E-state index is 2.76. The topological polar surface area (TPSA) is 6.48 Å². The minimum Gasteiger partial charge on any atom is -0.300 e. The van der Waals surface area contributed by atoms with Crippen molar-refractivity contribution in [2.75, 3.05) is 26.2 Å². The minimum absolute atomic E-state index is 0.821. The lowest BCUT2D eigenvalue weighted by atomic mass is 9.86. The zero-order valence-corrected chi connectivity index (χ0v) is 11.4. The highest BCUT2D eigenvalue weighted by Gasteiger charge is 2.43. The van der Waals surface area contributed by atoms with E-state index >= 15 is 0 Å². The van der Waals surface area contributed by atoms with Crippen LogP contribution < -0.4 is 0 Å². The van der Waals surface area contributed by atoms with Crippen LogP contribution in [0.5, 0.6) is 0 Å². The average molecular weight is 224 g/mol. The molecule has 3 heterocycles. The van der Waals surface area contributed by atoms with Crippen LogP contribution in [0.4, 0.5) is 0 Å². The molecular weight excluding hydrogens is 196 g/mol. The molecule has 3 rings (SSSR count). The van der Waals surface area contributed by atoms with Gasteiger partial charge in [0.15, 0.2) is 0 Å². The summed E-state index contributed by atoms with van der Waals surface area (Å²) in [5, 5.41) is 0. The van der Waals surface area contributed by atoms with Gasteiger partial charge in [0.1, 0.15) is 0 Å². The van der Waals surface area contributed by atoms with Crippen molar-refractivity contribution in [2.45, 2.75) is 52.6 Å². The first kappa shape index (κ1) is 12.4. The molecule has 0 aliphatic carbocycles. The summed E-state index contributed by atoms with van der Waals surface area (Å²) in [6.45, 7) is 14.6. The Labute approximate surface area is 101 Å². The maximum Gasteiger partial charge on any atom is 0.0242 e. The fourth-order valence-corrected chi connectivity index (χ4v) is 3.21. The van der Waals surface area contributed by atoms with Gasteiger partial charge in [0.25, 0.3) is 0 Å². The van der Waals surface area contributed by atoms with Gasteiger partial charge in [-0.05, 0) is 31.2 Å². The molecule has 2 heteroatoms. The smallest absolute Gasteiger partial charge is 0.0242 e. The van der Waals surface area contributed by atoms with Crippen molar-refractivity contribution in [2.24, 2.45) is 11.8 Å². The van der Waals surface area contributed by atoms with Crippen LogP contribution in [0.15, 0.2) is 0 Å². The van der Waals surface area contributed by atoms with E-state index in [1.165, 1.54) is 39.0 Å². The quantitative estimate of drug-likeness (QED) is 0.708. The van der Waals surface area contributed by atoms with Crippen LogP contribution in [-0.2, 0) is 0 Å². The highest BCUT2D eigenvalue weighted by atomic mass is 15.4. The van der Waals surface area contributed by atoms with Crippen molar-refractivity contribution in [3.05, 3.63) is 0 Å². The predicted octanol–water partition coefficient (Wildman–Crippen LogP) is 2.45. The average Bonchev–Trinajstić information content (AvgIpc) is 2.15. The Morgan fingerprint density at radius 3 is 2.12 bits per heavy atom. The van der Waals surface area contributed by atoms with Gasteiger partial charge >= 0.3 is 0 Å². The van der Waals surface area contributed by atoms with Crippen LogP contribution in [0, 0.1) is 11.8 Å². The van der Waals surface area contributed by atoms with Gasteiger partial charge in [-0.25, -0.2) is 0 Å². The first-order valence-corrected chi connectivity index (χ1v) is 7.04. The summed E-state index contributed by atoms with van der Waals surface area (Å²) in [6.07, 6.45) is 2.84. The summed E-state index contributed by atoms with van der Waals surface area (Å²) in [4.78, 5) is 5.44. The summed E-state index contributed by atoms with van der Waals surface area (Å²) in [5.74, 6) is 1.68. The van der Waals surface area contributed by atoms with Gasteiger partial charge < -0.3 is 0 Å². The van der Waals surface area contributed by atoms with E-state index in [0.717, 1.165) is 23.9 Å². The van der Waals surface area contributed by atoms with E-state index in [0.29, 0.717) is 0 Å². The summed E-state index contributed by atoms with van der Waals surface area (Å²) < 4.78 is 0. The Kier molecular flexibility index (Phi) is 3.91. The summed E-state index contributed by atoms with van der Waals surface area (Å²) >= 11 is 0. The Balaban J connectivity index is 1.74. The highest BCUT2D eigenvalue weighted by molar-refractivity contribution is 5.00. The summed E-state index contributed by atoms with van der Waals surface area (Å²) in [5.41, 5.74) is 0. The SMILES string of the molecule is CC(C)CCN1C2CC1CN(CC(C)C)C2.